The van der Waals surface area contributed by atoms with Gasteiger partial charge in [0.25, 0.3) is 11.6 Å². The Balaban J connectivity index is 1.65. The number of piperidine rings is 1. The number of aryl methyl sites for hydroxylation is 1. The van der Waals surface area contributed by atoms with Crippen molar-refractivity contribution in [3.8, 4) is 0 Å². The van der Waals surface area contributed by atoms with Gasteiger partial charge < -0.3 is 5.32 Å². The van der Waals surface area contributed by atoms with Gasteiger partial charge in [-0.1, -0.05) is 35.7 Å². The topological polar surface area (TPSA) is 110 Å². The molecule has 1 fully saturated rings. The van der Waals surface area contributed by atoms with E-state index in [1.165, 1.54) is 16.4 Å². The van der Waals surface area contributed by atoms with Crippen LogP contribution in [-0.2, 0) is 10.0 Å². The van der Waals surface area contributed by atoms with Crippen molar-refractivity contribution in [2.24, 2.45) is 0 Å². The molecule has 0 bridgehead atoms. The average Bonchev–Trinajstić information content (AvgIpc) is 2.74. The van der Waals surface area contributed by atoms with Crippen molar-refractivity contribution >= 4 is 33.2 Å². The first-order valence-electron chi connectivity index (χ1n) is 10.0. The van der Waals surface area contributed by atoms with E-state index in [9.17, 15) is 23.3 Å². The lowest BCUT2D eigenvalue weighted by Crippen LogP contribution is -2.45. The summed E-state index contributed by atoms with van der Waals surface area (Å²) in [5, 5.41) is 13.5. The largest absolute Gasteiger partial charge is 0.352 e. The summed E-state index contributed by atoms with van der Waals surface area (Å²) < 4.78 is 27.8. The third kappa shape index (κ3) is 5.41. The molecule has 0 aromatic heterocycles. The van der Waals surface area contributed by atoms with Gasteiger partial charge in [0.15, 0.2) is 0 Å². The highest BCUT2D eigenvalue weighted by molar-refractivity contribution is 7.89. The number of nitrogens with one attached hydrogen (secondary N) is 1. The molecule has 1 unspecified atom stereocenters. The fraction of sp³-hybridized carbons (Fsp3) is 0.381. The standard InChI is InChI=1S/C21H24ClN3O5S/c1-15-5-8-18(9-6-15)31(29,30)24-13-3-2-4-16(24)11-12-23-21(26)19-10-7-17(25(27)28)14-20(19)22/h5-10,14,16H,2-4,11-13H2,1H3,(H,23,26). The first kappa shape index (κ1) is 23.2. The van der Waals surface area contributed by atoms with Crippen molar-refractivity contribution in [2.75, 3.05) is 13.1 Å². The van der Waals surface area contributed by atoms with E-state index in [2.05, 4.69) is 5.32 Å². The molecule has 1 amide bonds. The fourth-order valence-electron chi connectivity index (χ4n) is 3.67. The van der Waals surface area contributed by atoms with Gasteiger partial charge in [-0.2, -0.15) is 4.31 Å². The SMILES string of the molecule is Cc1ccc(S(=O)(=O)N2CCCCC2CCNC(=O)c2ccc([N+](=O)[O-])cc2Cl)cc1. The van der Waals surface area contributed by atoms with Crippen molar-refractivity contribution in [3.05, 3.63) is 68.7 Å². The molecule has 1 aliphatic heterocycles. The monoisotopic (exact) mass is 465 g/mol. The summed E-state index contributed by atoms with van der Waals surface area (Å²) in [7, 11) is -3.61. The average molecular weight is 466 g/mol. The molecule has 0 radical (unpaired) electrons. The zero-order valence-electron chi connectivity index (χ0n) is 17.1. The first-order chi connectivity index (χ1) is 14.7. The van der Waals surface area contributed by atoms with Crippen LogP contribution in [-0.4, -0.2) is 42.7 Å². The number of non-ortho nitro benzene ring substituents is 1. The maximum atomic E-state index is 13.1. The summed E-state index contributed by atoms with van der Waals surface area (Å²) >= 11 is 6.01. The number of benzene rings is 2. The second-order valence-corrected chi connectivity index (χ2v) is 9.84. The van der Waals surface area contributed by atoms with Crippen LogP contribution in [0, 0.1) is 17.0 Å². The second-order valence-electron chi connectivity index (χ2n) is 7.54. The van der Waals surface area contributed by atoms with E-state index in [1.807, 2.05) is 6.92 Å². The molecule has 166 valence electrons. The van der Waals surface area contributed by atoms with Crippen LogP contribution in [0.15, 0.2) is 47.4 Å². The Morgan fingerprint density at radius 3 is 2.58 bits per heavy atom. The van der Waals surface area contributed by atoms with Crippen LogP contribution in [0.2, 0.25) is 5.02 Å². The molecule has 0 spiro atoms. The number of hydrogen-bond acceptors (Lipinski definition) is 5. The van der Waals surface area contributed by atoms with Gasteiger partial charge in [-0.3, -0.25) is 14.9 Å². The van der Waals surface area contributed by atoms with E-state index < -0.39 is 20.9 Å². The van der Waals surface area contributed by atoms with Gasteiger partial charge in [0, 0.05) is 31.3 Å². The molecule has 1 heterocycles. The van der Waals surface area contributed by atoms with Crippen molar-refractivity contribution < 1.29 is 18.1 Å². The number of nitro groups is 1. The van der Waals surface area contributed by atoms with E-state index >= 15 is 0 Å². The van der Waals surface area contributed by atoms with Gasteiger partial charge in [-0.15, -0.1) is 0 Å². The Bertz CT molecular complexity index is 1070. The highest BCUT2D eigenvalue weighted by atomic mass is 35.5. The molecular weight excluding hydrogens is 442 g/mol. The number of amides is 1. The molecular formula is C21H24ClN3O5S. The molecule has 2 aromatic carbocycles. The van der Waals surface area contributed by atoms with E-state index in [0.29, 0.717) is 13.0 Å². The quantitative estimate of drug-likeness (QED) is 0.492. The molecule has 3 rings (SSSR count). The van der Waals surface area contributed by atoms with Crippen molar-refractivity contribution in [1.29, 1.82) is 0 Å². The van der Waals surface area contributed by atoms with Crippen LogP contribution in [0.4, 0.5) is 5.69 Å². The van der Waals surface area contributed by atoms with Gasteiger partial charge in [-0.25, -0.2) is 8.42 Å². The van der Waals surface area contributed by atoms with Crippen molar-refractivity contribution in [2.45, 2.75) is 43.5 Å². The third-order valence-electron chi connectivity index (χ3n) is 5.37. The Morgan fingerprint density at radius 2 is 1.94 bits per heavy atom. The zero-order valence-corrected chi connectivity index (χ0v) is 18.7. The minimum absolute atomic E-state index is 0.00654. The second kappa shape index (κ2) is 9.76. The molecule has 1 aliphatic rings. The maximum Gasteiger partial charge on any atom is 0.270 e. The van der Waals surface area contributed by atoms with Gasteiger partial charge in [0.2, 0.25) is 10.0 Å². The van der Waals surface area contributed by atoms with Gasteiger partial charge in [0.05, 0.1) is 20.4 Å². The summed E-state index contributed by atoms with van der Waals surface area (Å²) in [5.41, 5.74) is 0.933. The number of rotatable bonds is 7. The molecule has 1 saturated heterocycles. The summed E-state index contributed by atoms with van der Waals surface area (Å²) in [6, 6.07) is 10.2. The van der Waals surface area contributed by atoms with E-state index in [-0.39, 0.29) is 33.8 Å². The number of halogens is 1. The summed E-state index contributed by atoms with van der Waals surface area (Å²) in [4.78, 5) is 22.9. The maximum absolute atomic E-state index is 13.1. The Hall–Kier alpha value is -2.49. The van der Waals surface area contributed by atoms with Crippen molar-refractivity contribution in [3.63, 3.8) is 0 Å². The van der Waals surface area contributed by atoms with Crippen molar-refractivity contribution in [1.82, 2.24) is 9.62 Å². The lowest BCUT2D eigenvalue weighted by molar-refractivity contribution is -0.384. The van der Waals surface area contributed by atoms with Crippen LogP contribution in [0.25, 0.3) is 0 Å². The summed E-state index contributed by atoms with van der Waals surface area (Å²) in [5.74, 6) is -0.455. The lowest BCUT2D eigenvalue weighted by atomic mass is 10.0. The summed E-state index contributed by atoms with van der Waals surface area (Å²) in [6.45, 7) is 2.61. The predicted molar refractivity (Wildman–Crippen MR) is 118 cm³/mol. The molecule has 0 aliphatic carbocycles. The van der Waals surface area contributed by atoms with Crippen LogP contribution in [0.1, 0.15) is 41.6 Å². The molecule has 2 aromatic rings. The number of carbonyl (C=O) groups is 1. The van der Waals surface area contributed by atoms with Crippen LogP contribution in [0.3, 0.4) is 0 Å². The van der Waals surface area contributed by atoms with E-state index in [1.54, 1.807) is 24.3 Å². The molecule has 10 heteroatoms. The number of nitrogens with zero attached hydrogens (tertiary/aromatic N) is 2. The van der Waals surface area contributed by atoms with Gasteiger partial charge in [0.1, 0.15) is 0 Å². The number of sulfonamides is 1. The lowest BCUT2D eigenvalue weighted by Gasteiger charge is -2.34. The van der Waals surface area contributed by atoms with Crippen LogP contribution >= 0.6 is 11.6 Å². The fourth-order valence-corrected chi connectivity index (χ4v) is 5.66. The Labute approximate surface area is 186 Å². The zero-order chi connectivity index (χ0) is 22.6. The molecule has 31 heavy (non-hydrogen) atoms. The highest BCUT2D eigenvalue weighted by Crippen LogP contribution is 2.27. The van der Waals surface area contributed by atoms with Crippen LogP contribution < -0.4 is 5.32 Å². The molecule has 0 saturated carbocycles. The minimum Gasteiger partial charge on any atom is -0.352 e. The third-order valence-corrected chi connectivity index (χ3v) is 7.65. The number of carbonyl (C=O) groups excluding carboxylic acids is 1. The number of nitro benzene ring substituents is 1. The number of hydrogen-bond donors (Lipinski definition) is 1. The van der Waals surface area contributed by atoms with Gasteiger partial charge >= 0.3 is 0 Å². The molecule has 1 atom stereocenters. The molecule has 8 nitrogen and oxygen atoms in total. The van der Waals surface area contributed by atoms with E-state index in [4.69, 9.17) is 11.6 Å². The Morgan fingerprint density at radius 1 is 1.23 bits per heavy atom. The van der Waals surface area contributed by atoms with Gasteiger partial charge in [-0.05, 0) is 44.4 Å². The first-order valence-corrected chi connectivity index (χ1v) is 11.8. The smallest absolute Gasteiger partial charge is 0.270 e. The predicted octanol–water partition coefficient (Wildman–Crippen LogP) is 3.92. The minimum atomic E-state index is -3.61. The summed E-state index contributed by atoms with van der Waals surface area (Å²) in [6.07, 6.45) is 2.90. The van der Waals surface area contributed by atoms with Crippen LogP contribution in [0.5, 0.6) is 0 Å². The highest BCUT2D eigenvalue weighted by Gasteiger charge is 2.33. The normalized spacial score (nSPS) is 17.3. The van der Waals surface area contributed by atoms with E-state index in [0.717, 1.165) is 30.9 Å². The molecule has 1 N–H and O–H groups in total. The Kier molecular flexibility index (Phi) is 7.30.